The summed E-state index contributed by atoms with van der Waals surface area (Å²) in [5.74, 6) is 0.267. The van der Waals surface area contributed by atoms with Crippen LogP contribution in [0.3, 0.4) is 0 Å². The minimum Gasteiger partial charge on any atom is -0.497 e. The molecule has 174 valence electrons. The van der Waals surface area contributed by atoms with E-state index in [1.807, 2.05) is 0 Å². The average Bonchev–Trinajstić information content (AvgIpc) is 3.25. The molecular formula is C26H22ClNO6. The summed E-state index contributed by atoms with van der Waals surface area (Å²) in [5, 5.41) is 0.512. The predicted molar refractivity (Wildman–Crippen MR) is 127 cm³/mol. The first-order valence-electron chi connectivity index (χ1n) is 10.6. The molecule has 1 unspecified atom stereocenters. The number of Topliss-reactive ketones (excluding diaryl/α,β-unsaturated/α-hetero) is 1. The highest BCUT2D eigenvalue weighted by Crippen LogP contribution is 2.29. The number of nitrogens with zero attached hydrogens (tertiary/aromatic N) is 1. The second kappa shape index (κ2) is 10.4. The lowest BCUT2D eigenvalue weighted by Gasteiger charge is -2.17. The number of carbonyl (C=O) groups is 3. The van der Waals surface area contributed by atoms with Crippen molar-refractivity contribution < 1.29 is 28.6 Å². The Morgan fingerprint density at radius 2 is 1.50 bits per heavy atom. The molecule has 0 radical (unpaired) electrons. The second-order valence-corrected chi connectivity index (χ2v) is 8.15. The van der Waals surface area contributed by atoms with Gasteiger partial charge in [0.1, 0.15) is 17.2 Å². The third-order valence-corrected chi connectivity index (χ3v) is 5.67. The number of hydrogen-bond donors (Lipinski definition) is 0. The van der Waals surface area contributed by atoms with Crippen molar-refractivity contribution in [3.05, 3.63) is 83.4 Å². The van der Waals surface area contributed by atoms with E-state index in [0.29, 0.717) is 27.8 Å². The number of ether oxygens (including phenoxy) is 3. The lowest BCUT2D eigenvalue weighted by molar-refractivity contribution is -0.147. The van der Waals surface area contributed by atoms with Gasteiger partial charge >= 0.3 is 5.97 Å². The molecule has 1 heterocycles. The highest BCUT2D eigenvalue weighted by atomic mass is 35.5. The van der Waals surface area contributed by atoms with Gasteiger partial charge in [-0.15, -0.1) is 0 Å². The normalized spacial score (nSPS) is 15.2. The van der Waals surface area contributed by atoms with Crippen LogP contribution in [0.25, 0.3) is 0 Å². The molecule has 0 aromatic heterocycles. The molecule has 8 heteroatoms. The van der Waals surface area contributed by atoms with E-state index in [1.54, 1.807) is 79.9 Å². The van der Waals surface area contributed by atoms with Gasteiger partial charge in [-0.2, -0.15) is 0 Å². The summed E-state index contributed by atoms with van der Waals surface area (Å²) in [4.78, 5) is 38.7. The molecule has 4 rings (SSSR count). The van der Waals surface area contributed by atoms with Crippen molar-refractivity contribution in [1.29, 1.82) is 0 Å². The quantitative estimate of drug-likeness (QED) is 0.337. The molecular weight excluding hydrogens is 458 g/mol. The van der Waals surface area contributed by atoms with Crippen LogP contribution in [0.2, 0.25) is 5.02 Å². The molecule has 1 aliphatic heterocycles. The van der Waals surface area contributed by atoms with Gasteiger partial charge in [-0.1, -0.05) is 11.6 Å². The van der Waals surface area contributed by atoms with Crippen LogP contribution in [0.4, 0.5) is 5.69 Å². The van der Waals surface area contributed by atoms with Gasteiger partial charge in [0.05, 0.1) is 13.0 Å². The van der Waals surface area contributed by atoms with Gasteiger partial charge in [0.15, 0.2) is 12.4 Å². The average molecular weight is 480 g/mol. The first-order valence-corrected chi connectivity index (χ1v) is 11.0. The lowest BCUT2D eigenvalue weighted by Crippen LogP contribution is -2.27. The molecule has 0 spiro atoms. The maximum Gasteiger partial charge on any atom is 0.311 e. The van der Waals surface area contributed by atoms with Gasteiger partial charge in [0.25, 0.3) is 0 Å². The van der Waals surface area contributed by atoms with Gasteiger partial charge in [-0.05, 0) is 72.8 Å². The first kappa shape index (κ1) is 23.3. The van der Waals surface area contributed by atoms with Crippen molar-refractivity contribution in [3.63, 3.8) is 0 Å². The number of halogens is 1. The van der Waals surface area contributed by atoms with E-state index in [4.69, 9.17) is 25.8 Å². The van der Waals surface area contributed by atoms with Crippen LogP contribution in [0.15, 0.2) is 72.8 Å². The second-order valence-electron chi connectivity index (χ2n) is 7.71. The Bertz CT molecular complexity index is 1180. The standard InChI is InChI=1S/C26H22ClNO6/c1-32-21-10-12-23(13-11-21)34-22-8-6-20(7-9-22)28-15-18(14-25(28)30)26(31)33-16-24(29)17-2-4-19(27)5-3-17/h2-13,18H,14-16H2,1H3. The Labute approximate surface area is 201 Å². The number of hydrogen-bond acceptors (Lipinski definition) is 6. The van der Waals surface area contributed by atoms with Crippen LogP contribution in [0.5, 0.6) is 17.2 Å². The number of esters is 1. The third-order valence-electron chi connectivity index (χ3n) is 5.41. The van der Waals surface area contributed by atoms with Crippen molar-refractivity contribution >= 4 is 34.9 Å². The minimum atomic E-state index is -0.638. The summed E-state index contributed by atoms with van der Waals surface area (Å²) in [7, 11) is 1.60. The smallest absolute Gasteiger partial charge is 0.311 e. The van der Waals surface area contributed by atoms with E-state index in [0.717, 1.165) is 5.75 Å². The molecule has 3 aromatic rings. The van der Waals surface area contributed by atoms with E-state index in [9.17, 15) is 14.4 Å². The molecule has 3 aromatic carbocycles. The van der Waals surface area contributed by atoms with E-state index in [-0.39, 0.29) is 31.3 Å². The Morgan fingerprint density at radius 3 is 2.12 bits per heavy atom. The maximum absolute atomic E-state index is 12.5. The highest BCUT2D eigenvalue weighted by Gasteiger charge is 2.36. The zero-order chi connectivity index (χ0) is 24.1. The number of benzene rings is 3. The number of amides is 1. The summed E-state index contributed by atoms with van der Waals surface area (Å²) in [6.45, 7) is -0.200. The van der Waals surface area contributed by atoms with Gasteiger partial charge < -0.3 is 19.1 Å². The van der Waals surface area contributed by atoms with Crippen molar-refractivity contribution in [1.82, 2.24) is 0 Å². The molecule has 7 nitrogen and oxygen atoms in total. The molecule has 1 saturated heterocycles. The number of anilines is 1. The van der Waals surface area contributed by atoms with Crippen LogP contribution >= 0.6 is 11.6 Å². The maximum atomic E-state index is 12.5. The van der Waals surface area contributed by atoms with Crippen LogP contribution < -0.4 is 14.4 Å². The first-order chi connectivity index (χ1) is 16.4. The Kier molecular flexibility index (Phi) is 7.13. The number of rotatable bonds is 8. The van der Waals surface area contributed by atoms with Crippen molar-refractivity contribution in [2.45, 2.75) is 6.42 Å². The third kappa shape index (κ3) is 5.55. The fraction of sp³-hybridized carbons (Fsp3) is 0.192. The van der Waals surface area contributed by atoms with E-state index in [2.05, 4.69) is 0 Å². The number of methoxy groups -OCH3 is 1. The Morgan fingerprint density at radius 1 is 0.912 bits per heavy atom. The molecule has 0 N–H and O–H groups in total. The molecule has 0 bridgehead atoms. The van der Waals surface area contributed by atoms with Gasteiger partial charge in [-0.3, -0.25) is 14.4 Å². The lowest BCUT2D eigenvalue weighted by atomic mass is 10.1. The van der Waals surface area contributed by atoms with Crippen molar-refractivity contribution in [2.75, 3.05) is 25.2 Å². The molecule has 34 heavy (non-hydrogen) atoms. The zero-order valence-electron chi connectivity index (χ0n) is 18.4. The fourth-order valence-electron chi connectivity index (χ4n) is 3.56. The zero-order valence-corrected chi connectivity index (χ0v) is 19.2. The van der Waals surface area contributed by atoms with Gasteiger partial charge in [0.2, 0.25) is 5.91 Å². The van der Waals surface area contributed by atoms with E-state index >= 15 is 0 Å². The van der Waals surface area contributed by atoms with Gasteiger partial charge in [-0.25, -0.2) is 0 Å². The molecule has 1 aliphatic rings. The van der Waals surface area contributed by atoms with Crippen LogP contribution in [0.1, 0.15) is 16.8 Å². The molecule has 1 amide bonds. The SMILES string of the molecule is COc1ccc(Oc2ccc(N3CC(C(=O)OCC(=O)c4ccc(Cl)cc4)CC3=O)cc2)cc1. The predicted octanol–water partition coefficient (Wildman–Crippen LogP) is 4.92. The summed E-state index contributed by atoms with van der Waals surface area (Å²) in [6, 6.07) is 20.5. The monoisotopic (exact) mass is 479 g/mol. The summed E-state index contributed by atoms with van der Waals surface area (Å²) in [6.07, 6.45) is 0.0259. The molecule has 1 atom stereocenters. The summed E-state index contributed by atoms with van der Waals surface area (Å²) < 4.78 is 16.1. The van der Waals surface area contributed by atoms with Crippen LogP contribution in [-0.2, 0) is 14.3 Å². The molecule has 0 aliphatic carbocycles. The topological polar surface area (TPSA) is 82.1 Å². The van der Waals surface area contributed by atoms with Crippen LogP contribution in [0, 0.1) is 5.92 Å². The van der Waals surface area contributed by atoms with Crippen molar-refractivity contribution in [2.24, 2.45) is 5.92 Å². The number of carbonyl (C=O) groups excluding carboxylic acids is 3. The minimum absolute atomic E-state index is 0.0259. The van der Waals surface area contributed by atoms with Crippen molar-refractivity contribution in [3.8, 4) is 17.2 Å². The fourth-order valence-corrected chi connectivity index (χ4v) is 3.69. The number of ketones is 1. The van der Waals surface area contributed by atoms with Gasteiger partial charge in [0, 0.05) is 29.2 Å². The highest BCUT2D eigenvalue weighted by molar-refractivity contribution is 6.30. The summed E-state index contributed by atoms with van der Waals surface area (Å²) in [5.41, 5.74) is 1.05. The van der Waals surface area contributed by atoms with E-state index in [1.165, 1.54) is 4.90 Å². The Balaban J connectivity index is 1.32. The molecule has 1 fully saturated rings. The van der Waals surface area contributed by atoms with Crippen LogP contribution in [-0.4, -0.2) is 37.9 Å². The largest absolute Gasteiger partial charge is 0.497 e. The Hall–Kier alpha value is -3.84. The summed E-state index contributed by atoms with van der Waals surface area (Å²) >= 11 is 5.82. The van der Waals surface area contributed by atoms with E-state index < -0.39 is 11.9 Å². The molecule has 0 saturated carbocycles.